The highest BCUT2D eigenvalue weighted by Gasteiger charge is 2.07. The maximum absolute atomic E-state index is 13.3. The largest absolute Gasteiger partial charge is 0.408 e. The Morgan fingerprint density at radius 2 is 2.18 bits per heavy atom. The summed E-state index contributed by atoms with van der Waals surface area (Å²) in [7, 11) is 1.59. The van der Waals surface area contributed by atoms with Crippen molar-refractivity contribution in [2.45, 2.75) is 6.42 Å². The summed E-state index contributed by atoms with van der Waals surface area (Å²) >= 11 is 0. The van der Waals surface area contributed by atoms with Crippen LogP contribution in [0.15, 0.2) is 28.7 Å². The highest BCUT2D eigenvalue weighted by Crippen LogP contribution is 2.18. The Kier molecular flexibility index (Phi) is 3.66. The predicted octanol–water partition coefficient (Wildman–Crippen LogP) is 2.14. The van der Waals surface area contributed by atoms with Gasteiger partial charge in [0.2, 0.25) is 5.89 Å². The quantitative estimate of drug-likeness (QED) is 0.863. The van der Waals surface area contributed by atoms with Crippen molar-refractivity contribution >= 4 is 11.7 Å². The highest BCUT2D eigenvalue weighted by molar-refractivity contribution is 5.52. The first-order valence-electron chi connectivity index (χ1n) is 5.12. The Bertz CT molecular complexity index is 487. The van der Waals surface area contributed by atoms with Crippen LogP contribution in [0.25, 0.3) is 0 Å². The van der Waals surface area contributed by atoms with Gasteiger partial charge in [0.05, 0.1) is 12.3 Å². The van der Waals surface area contributed by atoms with E-state index in [1.54, 1.807) is 25.3 Å². The van der Waals surface area contributed by atoms with E-state index >= 15 is 0 Å². The molecular weight excluding hydrogens is 225 g/mol. The third kappa shape index (κ3) is 3.01. The topological polar surface area (TPSA) is 60.2 Å². The Morgan fingerprint density at radius 1 is 1.35 bits per heavy atom. The van der Waals surface area contributed by atoms with Crippen LogP contribution in [0.2, 0.25) is 0 Å². The summed E-state index contributed by atoms with van der Waals surface area (Å²) in [5.74, 6) is 0.0785. The average Bonchev–Trinajstić information content (AvgIpc) is 2.77. The number of para-hydroxylation sites is 1. The first-order valence-corrected chi connectivity index (χ1v) is 5.12. The zero-order chi connectivity index (χ0) is 12.1. The van der Waals surface area contributed by atoms with Gasteiger partial charge in [0.1, 0.15) is 5.82 Å². The van der Waals surface area contributed by atoms with Crippen LogP contribution in [0.3, 0.4) is 0 Å². The van der Waals surface area contributed by atoms with Crippen LogP contribution in [0.5, 0.6) is 0 Å². The van der Waals surface area contributed by atoms with E-state index in [1.165, 1.54) is 6.07 Å². The SMILES string of the molecule is COCCc1nnc(Nc2ccccc2F)o1. The molecule has 2 aromatic rings. The number of nitrogens with zero attached hydrogens (tertiary/aromatic N) is 2. The van der Waals surface area contributed by atoms with Gasteiger partial charge in [-0.15, -0.1) is 5.10 Å². The lowest BCUT2D eigenvalue weighted by molar-refractivity contribution is 0.195. The zero-order valence-corrected chi connectivity index (χ0v) is 9.31. The summed E-state index contributed by atoms with van der Waals surface area (Å²) in [5.41, 5.74) is 0.300. The van der Waals surface area contributed by atoms with Crippen molar-refractivity contribution in [3.05, 3.63) is 36.0 Å². The number of benzene rings is 1. The second kappa shape index (κ2) is 5.40. The minimum atomic E-state index is -0.371. The van der Waals surface area contributed by atoms with Gasteiger partial charge in [-0.2, -0.15) is 0 Å². The van der Waals surface area contributed by atoms with Crippen LogP contribution in [0.4, 0.5) is 16.1 Å². The first kappa shape index (κ1) is 11.5. The molecule has 90 valence electrons. The molecule has 0 radical (unpaired) electrons. The summed E-state index contributed by atoms with van der Waals surface area (Å²) in [4.78, 5) is 0. The Hall–Kier alpha value is -1.95. The Labute approximate surface area is 97.6 Å². The number of methoxy groups -OCH3 is 1. The fraction of sp³-hybridized carbons (Fsp3) is 0.273. The maximum Gasteiger partial charge on any atom is 0.320 e. The lowest BCUT2D eigenvalue weighted by atomic mass is 10.3. The van der Waals surface area contributed by atoms with Gasteiger partial charge in [-0.3, -0.25) is 0 Å². The number of hydrogen-bond donors (Lipinski definition) is 1. The van der Waals surface area contributed by atoms with Gasteiger partial charge in [0.25, 0.3) is 0 Å². The monoisotopic (exact) mass is 237 g/mol. The van der Waals surface area contributed by atoms with E-state index < -0.39 is 0 Å². The van der Waals surface area contributed by atoms with E-state index in [0.717, 1.165) is 0 Å². The molecule has 1 aromatic heterocycles. The molecule has 0 saturated heterocycles. The number of rotatable bonds is 5. The molecular formula is C11H12FN3O2. The highest BCUT2D eigenvalue weighted by atomic mass is 19.1. The molecule has 5 nitrogen and oxygen atoms in total. The van der Waals surface area contributed by atoms with Crippen LogP contribution < -0.4 is 5.32 Å². The van der Waals surface area contributed by atoms with Gasteiger partial charge in [-0.1, -0.05) is 17.2 Å². The van der Waals surface area contributed by atoms with Gasteiger partial charge in [0, 0.05) is 13.5 Å². The van der Waals surface area contributed by atoms with E-state index in [1.807, 2.05) is 0 Å². The van der Waals surface area contributed by atoms with Crippen LogP contribution in [-0.2, 0) is 11.2 Å². The lowest BCUT2D eigenvalue weighted by Crippen LogP contribution is -1.94. The molecule has 2 rings (SSSR count). The zero-order valence-electron chi connectivity index (χ0n) is 9.31. The molecule has 0 bridgehead atoms. The fourth-order valence-electron chi connectivity index (χ4n) is 1.27. The fourth-order valence-corrected chi connectivity index (χ4v) is 1.27. The molecule has 0 atom stereocenters. The van der Waals surface area contributed by atoms with Crippen molar-refractivity contribution in [3.8, 4) is 0 Å². The lowest BCUT2D eigenvalue weighted by Gasteiger charge is -2.01. The van der Waals surface area contributed by atoms with Gasteiger partial charge in [0.15, 0.2) is 0 Å². The van der Waals surface area contributed by atoms with Crippen molar-refractivity contribution in [3.63, 3.8) is 0 Å². The molecule has 0 spiro atoms. The number of hydrogen-bond acceptors (Lipinski definition) is 5. The van der Waals surface area contributed by atoms with E-state index in [-0.39, 0.29) is 11.8 Å². The van der Waals surface area contributed by atoms with Crippen molar-refractivity contribution in [2.24, 2.45) is 0 Å². The number of nitrogens with one attached hydrogen (secondary N) is 1. The predicted molar refractivity (Wildman–Crippen MR) is 59.6 cm³/mol. The molecule has 0 unspecified atom stereocenters. The molecule has 1 heterocycles. The molecule has 0 saturated carbocycles. The van der Waals surface area contributed by atoms with Gasteiger partial charge in [-0.05, 0) is 12.1 Å². The molecule has 1 aromatic carbocycles. The normalized spacial score (nSPS) is 10.5. The Balaban J connectivity index is 2.04. The Morgan fingerprint density at radius 3 is 2.94 bits per heavy atom. The second-order valence-corrected chi connectivity index (χ2v) is 3.35. The average molecular weight is 237 g/mol. The minimum Gasteiger partial charge on any atom is -0.408 e. The number of ether oxygens (including phenoxy) is 1. The molecule has 0 aliphatic rings. The van der Waals surface area contributed by atoms with Crippen LogP contribution in [0.1, 0.15) is 5.89 Å². The van der Waals surface area contributed by atoms with E-state index in [0.29, 0.717) is 24.6 Å². The molecule has 0 aliphatic heterocycles. The number of aromatic nitrogens is 2. The minimum absolute atomic E-state index is 0.168. The summed E-state index contributed by atoms with van der Waals surface area (Å²) < 4.78 is 23.5. The molecule has 1 N–H and O–H groups in total. The number of halogens is 1. The molecule has 0 fully saturated rings. The van der Waals surface area contributed by atoms with E-state index in [2.05, 4.69) is 15.5 Å². The van der Waals surface area contributed by atoms with Crippen molar-refractivity contribution in [1.82, 2.24) is 10.2 Å². The molecule has 6 heteroatoms. The third-order valence-corrected chi connectivity index (χ3v) is 2.10. The summed E-state index contributed by atoms with van der Waals surface area (Å²) in [5, 5.41) is 10.3. The van der Waals surface area contributed by atoms with Gasteiger partial charge < -0.3 is 14.5 Å². The third-order valence-electron chi connectivity index (χ3n) is 2.10. The maximum atomic E-state index is 13.3. The molecule has 0 amide bonds. The van der Waals surface area contributed by atoms with Crippen molar-refractivity contribution in [1.29, 1.82) is 0 Å². The van der Waals surface area contributed by atoms with Crippen molar-refractivity contribution in [2.75, 3.05) is 19.0 Å². The smallest absolute Gasteiger partial charge is 0.320 e. The van der Waals surface area contributed by atoms with E-state index in [4.69, 9.17) is 9.15 Å². The van der Waals surface area contributed by atoms with Gasteiger partial charge >= 0.3 is 6.01 Å². The molecule has 0 aliphatic carbocycles. The first-order chi connectivity index (χ1) is 8.29. The summed E-state index contributed by atoms with van der Waals surface area (Å²) in [6.45, 7) is 0.501. The van der Waals surface area contributed by atoms with Crippen LogP contribution >= 0.6 is 0 Å². The van der Waals surface area contributed by atoms with Crippen LogP contribution in [0, 0.1) is 5.82 Å². The molecule has 17 heavy (non-hydrogen) atoms. The number of anilines is 2. The van der Waals surface area contributed by atoms with E-state index in [9.17, 15) is 4.39 Å². The standard InChI is InChI=1S/C11H12FN3O2/c1-16-7-6-10-14-15-11(17-10)13-9-5-3-2-4-8(9)12/h2-5H,6-7H2,1H3,(H,13,15). The summed E-state index contributed by atoms with van der Waals surface area (Å²) in [6, 6.07) is 6.44. The van der Waals surface area contributed by atoms with Crippen LogP contribution in [-0.4, -0.2) is 23.9 Å². The second-order valence-electron chi connectivity index (χ2n) is 3.35. The van der Waals surface area contributed by atoms with Gasteiger partial charge in [-0.25, -0.2) is 4.39 Å². The van der Waals surface area contributed by atoms with Crippen molar-refractivity contribution < 1.29 is 13.5 Å². The summed E-state index contributed by atoms with van der Waals surface area (Å²) in [6.07, 6.45) is 0.530.